The number of piperazine rings is 1. The van der Waals surface area contributed by atoms with Gasteiger partial charge in [-0.05, 0) is 30.9 Å². The third-order valence-electron chi connectivity index (χ3n) is 5.39. The van der Waals surface area contributed by atoms with Gasteiger partial charge in [-0.15, -0.1) is 5.10 Å². The monoisotopic (exact) mass is 327 g/mol. The molecule has 0 unspecified atom stereocenters. The topological polar surface area (TPSA) is 53.7 Å². The van der Waals surface area contributed by atoms with Crippen LogP contribution in [0.15, 0.2) is 24.5 Å². The molecule has 0 N–H and O–H groups in total. The number of carbonyl (C=O) groups excluding carboxylic acids is 1. The van der Waals surface area contributed by atoms with Gasteiger partial charge >= 0.3 is 0 Å². The zero-order chi connectivity index (χ0) is 16.4. The zero-order valence-corrected chi connectivity index (χ0v) is 14.1. The van der Waals surface area contributed by atoms with Crippen LogP contribution in [-0.4, -0.2) is 51.6 Å². The second-order valence-electron chi connectivity index (χ2n) is 7.00. The van der Waals surface area contributed by atoms with Crippen LogP contribution in [0.2, 0.25) is 0 Å². The Morgan fingerprint density at radius 3 is 2.67 bits per heavy atom. The van der Waals surface area contributed by atoms with Gasteiger partial charge in [0, 0.05) is 45.0 Å². The lowest BCUT2D eigenvalue weighted by atomic mass is 9.86. The summed E-state index contributed by atoms with van der Waals surface area (Å²) in [4.78, 5) is 21.0. The summed E-state index contributed by atoms with van der Waals surface area (Å²) in [5.74, 6) is 1.93. The molecule has 6 nitrogen and oxygen atoms in total. The third-order valence-corrected chi connectivity index (χ3v) is 5.39. The summed E-state index contributed by atoms with van der Waals surface area (Å²) in [5.41, 5.74) is 0.861. The van der Waals surface area contributed by atoms with Crippen LogP contribution in [0.1, 0.15) is 38.5 Å². The Kier molecular flexibility index (Phi) is 4.36. The van der Waals surface area contributed by atoms with E-state index in [1.165, 1.54) is 32.1 Å². The van der Waals surface area contributed by atoms with Gasteiger partial charge in [0.05, 0.1) is 0 Å². The smallest absolute Gasteiger partial charge is 0.222 e. The van der Waals surface area contributed by atoms with Crippen LogP contribution in [0.4, 0.5) is 5.82 Å². The van der Waals surface area contributed by atoms with E-state index in [0.717, 1.165) is 44.1 Å². The molecule has 128 valence electrons. The molecular formula is C18H25N5O. The van der Waals surface area contributed by atoms with Crippen molar-refractivity contribution in [2.45, 2.75) is 38.5 Å². The lowest BCUT2D eigenvalue weighted by Crippen LogP contribution is -2.49. The van der Waals surface area contributed by atoms with Gasteiger partial charge in [0.15, 0.2) is 5.65 Å². The number of carbonyl (C=O) groups is 1. The predicted octanol–water partition coefficient (Wildman–Crippen LogP) is 2.35. The summed E-state index contributed by atoms with van der Waals surface area (Å²) in [6.45, 7) is 3.30. The fourth-order valence-electron chi connectivity index (χ4n) is 3.93. The number of fused-ring (bicyclic) bond motifs is 1. The minimum atomic E-state index is 0.347. The Morgan fingerprint density at radius 1 is 1.08 bits per heavy atom. The number of nitrogens with zero attached hydrogens (tertiary/aromatic N) is 5. The molecule has 2 aromatic heterocycles. The van der Waals surface area contributed by atoms with Gasteiger partial charge in [0.1, 0.15) is 5.82 Å². The number of imidazole rings is 1. The molecule has 2 aliphatic rings. The molecule has 1 amide bonds. The second-order valence-corrected chi connectivity index (χ2v) is 7.00. The summed E-state index contributed by atoms with van der Waals surface area (Å²) in [5, 5.41) is 4.60. The molecule has 0 radical (unpaired) electrons. The van der Waals surface area contributed by atoms with Crippen molar-refractivity contribution in [3.05, 3.63) is 24.5 Å². The van der Waals surface area contributed by atoms with Crippen LogP contribution >= 0.6 is 0 Å². The Labute approximate surface area is 142 Å². The Morgan fingerprint density at radius 2 is 1.88 bits per heavy atom. The van der Waals surface area contributed by atoms with Crippen molar-refractivity contribution in [1.29, 1.82) is 0 Å². The largest absolute Gasteiger partial charge is 0.352 e. The number of rotatable bonds is 3. The molecule has 1 aliphatic heterocycles. The quantitative estimate of drug-likeness (QED) is 0.868. The van der Waals surface area contributed by atoms with E-state index in [1.54, 1.807) is 10.7 Å². The van der Waals surface area contributed by atoms with Crippen molar-refractivity contribution in [3.8, 4) is 0 Å². The van der Waals surface area contributed by atoms with Crippen molar-refractivity contribution in [1.82, 2.24) is 19.5 Å². The molecule has 1 saturated heterocycles. The molecule has 2 fully saturated rings. The normalized spacial score (nSPS) is 19.8. The van der Waals surface area contributed by atoms with E-state index in [0.29, 0.717) is 11.8 Å². The van der Waals surface area contributed by atoms with E-state index >= 15 is 0 Å². The average molecular weight is 327 g/mol. The Hall–Kier alpha value is -2.11. The molecule has 2 aromatic rings. The maximum absolute atomic E-state index is 12.5. The highest BCUT2D eigenvalue weighted by atomic mass is 16.2. The first-order valence-corrected chi connectivity index (χ1v) is 9.13. The molecule has 0 bridgehead atoms. The van der Waals surface area contributed by atoms with Gasteiger partial charge in [0.2, 0.25) is 5.91 Å². The summed E-state index contributed by atoms with van der Waals surface area (Å²) in [6.07, 6.45) is 10.8. The number of aromatic nitrogens is 3. The first-order chi connectivity index (χ1) is 11.8. The first-order valence-electron chi connectivity index (χ1n) is 9.13. The van der Waals surface area contributed by atoms with Crippen LogP contribution in [0.3, 0.4) is 0 Å². The van der Waals surface area contributed by atoms with Gasteiger partial charge in [-0.3, -0.25) is 4.79 Å². The van der Waals surface area contributed by atoms with Crippen molar-refractivity contribution >= 4 is 17.4 Å². The number of hydrogen-bond acceptors (Lipinski definition) is 4. The third kappa shape index (κ3) is 3.23. The Bertz CT molecular complexity index is 698. The molecule has 6 heteroatoms. The summed E-state index contributed by atoms with van der Waals surface area (Å²) < 4.78 is 1.80. The Balaban J connectivity index is 1.33. The molecule has 3 heterocycles. The van der Waals surface area contributed by atoms with Gasteiger partial charge in [-0.25, -0.2) is 9.50 Å². The van der Waals surface area contributed by atoms with Gasteiger partial charge in [0.25, 0.3) is 0 Å². The first kappa shape index (κ1) is 15.4. The van der Waals surface area contributed by atoms with Gasteiger partial charge < -0.3 is 9.80 Å². The molecule has 24 heavy (non-hydrogen) atoms. The lowest BCUT2D eigenvalue weighted by Gasteiger charge is -2.36. The average Bonchev–Trinajstić information content (AvgIpc) is 3.10. The fraction of sp³-hybridized carbons (Fsp3) is 0.611. The fourth-order valence-corrected chi connectivity index (χ4v) is 3.93. The molecule has 0 atom stereocenters. The van der Waals surface area contributed by atoms with E-state index in [4.69, 9.17) is 0 Å². The van der Waals surface area contributed by atoms with Crippen LogP contribution < -0.4 is 4.90 Å². The van der Waals surface area contributed by atoms with Crippen LogP contribution in [0.25, 0.3) is 5.65 Å². The van der Waals surface area contributed by atoms with E-state index in [9.17, 15) is 4.79 Å². The van der Waals surface area contributed by atoms with Crippen LogP contribution in [0.5, 0.6) is 0 Å². The highest BCUT2D eigenvalue weighted by Gasteiger charge is 2.25. The standard InChI is InChI=1S/C18H25N5O/c24-18(14-15-4-2-1-3-5-15)22-12-10-21(11-13-22)17-7-6-16-19-8-9-23(16)20-17/h6-9,15H,1-5,10-14H2. The summed E-state index contributed by atoms with van der Waals surface area (Å²) in [7, 11) is 0. The van der Waals surface area contributed by atoms with Crippen molar-refractivity contribution in [2.24, 2.45) is 5.92 Å². The van der Waals surface area contributed by atoms with E-state index in [-0.39, 0.29) is 0 Å². The van der Waals surface area contributed by atoms with Crippen molar-refractivity contribution in [2.75, 3.05) is 31.1 Å². The molecule has 0 spiro atoms. The maximum Gasteiger partial charge on any atom is 0.222 e. The summed E-state index contributed by atoms with van der Waals surface area (Å²) >= 11 is 0. The molecule has 1 aliphatic carbocycles. The maximum atomic E-state index is 12.5. The van der Waals surface area contributed by atoms with Gasteiger partial charge in [-0.1, -0.05) is 19.3 Å². The zero-order valence-electron chi connectivity index (χ0n) is 14.1. The van der Waals surface area contributed by atoms with Crippen LogP contribution in [0, 0.1) is 5.92 Å². The molecule has 4 rings (SSSR count). The van der Waals surface area contributed by atoms with Gasteiger partial charge in [-0.2, -0.15) is 0 Å². The minimum Gasteiger partial charge on any atom is -0.352 e. The second kappa shape index (κ2) is 6.79. The number of anilines is 1. The number of hydrogen-bond donors (Lipinski definition) is 0. The van der Waals surface area contributed by atoms with Crippen molar-refractivity contribution < 1.29 is 4.79 Å². The van der Waals surface area contributed by atoms with E-state index in [2.05, 4.69) is 15.0 Å². The summed E-state index contributed by atoms with van der Waals surface area (Å²) in [6, 6.07) is 4.00. The predicted molar refractivity (Wildman–Crippen MR) is 93.0 cm³/mol. The molecule has 1 saturated carbocycles. The number of amides is 1. The highest BCUT2D eigenvalue weighted by molar-refractivity contribution is 5.76. The van der Waals surface area contributed by atoms with Crippen LogP contribution in [-0.2, 0) is 4.79 Å². The SMILES string of the molecule is O=C(CC1CCCCC1)N1CCN(c2ccc3nccn3n2)CC1. The molecular weight excluding hydrogens is 302 g/mol. The van der Waals surface area contributed by atoms with Crippen molar-refractivity contribution in [3.63, 3.8) is 0 Å². The lowest BCUT2D eigenvalue weighted by molar-refractivity contribution is -0.132. The minimum absolute atomic E-state index is 0.347. The van der Waals surface area contributed by atoms with E-state index in [1.807, 2.05) is 23.2 Å². The van der Waals surface area contributed by atoms with E-state index < -0.39 is 0 Å². The highest BCUT2D eigenvalue weighted by Crippen LogP contribution is 2.27. The molecule has 0 aromatic carbocycles.